The number of carbonyl (C=O) groups excluding carboxylic acids is 3. The summed E-state index contributed by atoms with van der Waals surface area (Å²) < 4.78 is 0. The van der Waals surface area contributed by atoms with Crippen LogP contribution in [-0.2, 0) is 0 Å². The summed E-state index contributed by atoms with van der Waals surface area (Å²) in [6, 6.07) is 18.0. The van der Waals surface area contributed by atoms with Crippen molar-refractivity contribution in [3.63, 3.8) is 0 Å². The van der Waals surface area contributed by atoms with E-state index in [1.807, 2.05) is 42.5 Å². The molecular formula is C20H14N2O3. The van der Waals surface area contributed by atoms with Crippen molar-refractivity contribution >= 4 is 34.2 Å². The Morgan fingerprint density at radius 2 is 1.60 bits per heavy atom. The summed E-state index contributed by atoms with van der Waals surface area (Å²) in [6.45, 7) is 0. The Labute approximate surface area is 143 Å². The zero-order chi connectivity index (χ0) is 17.6. The Morgan fingerprint density at radius 1 is 0.880 bits per heavy atom. The number of nitrogens with zero attached hydrogens (tertiary/aromatic N) is 1. The lowest BCUT2D eigenvalue weighted by Gasteiger charge is -2.09. The van der Waals surface area contributed by atoms with Gasteiger partial charge in [-0.15, -0.1) is 0 Å². The van der Waals surface area contributed by atoms with Gasteiger partial charge in [-0.2, -0.15) is 0 Å². The molecule has 0 aromatic heterocycles. The Balaban J connectivity index is 1.69. The van der Waals surface area contributed by atoms with Gasteiger partial charge in [-0.3, -0.25) is 19.3 Å². The molecule has 3 amide bonds. The molecule has 0 bridgehead atoms. The second-order valence-corrected chi connectivity index (χ2v) is 5.91. The number of hydrogen-bond acceptors (Lipinski definition) is 3. The first-order valence-corrected chi connectivity index (χ1v) is 7.82. The van der Waals surface area contributed by atoms with Crippen LogP contribution in [0.3, 0.4) is 0 Å². The molecule has 0 atom stereocenters. The van der Waals surface area contributed by atoms with E-state index in [0.29, 0.717) is 16.8 Å². The molecule has 0 unspecified atom stereocenters. The molecule has 25 heavy (non-hydrogen) atoms. The van der Waals surface area contributed by atoms with Crippen LogP contribution in [0.1, 0.15) is 31.1 Å². The van der Waals surface area contributed by atoms with Gasteiger partial charge in [0.15, 0.2) is 0 Å². The van der Waals surface area contributed by atoms with E-state index in [1.165, 1.54) is 19.2 Å². The molecule has 5 heteroatoms. The first-order chi connectivity index (χ1) is 12.1. The van der Waals surface area contributed by atoms with Gasteiger partial charge in [0, 0.05) is 23.7 Å². The molecule has 0 spiro atoms. The molecule has 0 aliphatic carbocycles. The van der Waals surface area contributed by atoms with E-state index in [9.17, 15) is 14.4 Å². The monoisotopic (exact) mass is 330 g/mol. The topological polar surface area (TPSA) is 66.5 Å². The lowest BCUT2D eigenvalue weighted by atomic mass is 10.0. The largest absolute Gasteiger partial charge is 0.321 e. The number of carbonyl (C=O) groups is 3. The number of rotatable bonds is 2. The molecule has 1 aliphatic heterocycles. The van der Waals surface area contributed by atoms with E-state index in [-0.39, 0.29) is 23.3 Å². The van der Waals surface area contributed by atoms with E-state index >= 15 is 0 Å². The molecule has 3 aromatic carbocycles. The second kappa shape index (κ2) is 5.56. The van der Waals surface area contributed by atoms with Crippen LogP contribution in [0.25, 0.3) is 10.8 Å². The summed E-state index contributed by atoms with van der Waals surface area (Å²) in [6.07, 6.45) is 0. The van der Waals surface area contributed by atoms with Gasteiger partial charge in [-0.1, -0.05) is 36.4 Å². The van der Waals surface area contributed by atoms with Gasteiger partial charge in [0.25, 0.3) is 17.7 Å². The second-order valence-electron chi connectivity index (χ2n) is 5.91. The Hall–Kier alpha value is -3.47. The van der Waals surface area contributed by atoms with E-state index < -0.39 is 0 Å². The maximum absolute atomic E-state index is 12.6. The minimum Gasteiger partial charge on any atom is -0.321 e. The fraction of sp³-hybridized carbons (Fsp3) is 0.0500. The van der Waals surface area contributed by atoms with Crippen molar-refractivity contribution in [2.75, 3.05) is 12.4 Å². The van der Waals surface area contributed by atoms with Crippen LogP contribution in [0.15, 0.2) is 60.7 Å². The molecule has 4 rings (SSSR count). The van der Waals surface area contributed by atoms with Crippen LogP contribution in [0, 0.1) is 0 Å². The van der Waals surface area contributed by atoms with Gasteiger partial charge < -0.3 is 5.32 Å². The van der Waals surface area contributed by atoms with Crippen LogP contribution >= 0.6 is 0 Å². The average Bonchev–Trinajstić information content (AvgIpc) is 2.86. The van der Waals surface area contributed by atoms with Crippen LogP contribution in [0.4, 0.5) is 5.69 Å². The third-order valence-corrected chi connectivity index (χ3v) is 4.39. The highest BCUT2D eigenvalue weighted by Gasteiger charge is 2.33. The predicted molar refractivity (Wildman–Crippen MR) is 94.8 cm³/mol. The van der Waals surface area contributed by atoms with Crippen molar-refractivity contribution in [2.24, 2.45) is 0 Å². The van der Waals surface area contributed by atoms with Crippen LogP contribution < -0.4 is 5.32 Å². The fourth-order valence-electron chi connectivity index (χ4n) is 3.03. The molecule has 0 saturated carbocycles. The van der Waals surface area contributed by atoms with Gasteiger partial charge in [0.2, 0.25) is 0 Å². The number of imide groups is 1. The molecule has 0 radical (unpaired) electrons. The molecule has 5 nitrogen and oxygen atoms in total. The molecule has 122 valence electrons. The Bertz CT molecular complexity index is 1050. The van der Waals surface area contributed by atoms with Crippen molar-refractivity contribution in [3.8, 4) is 0 Å². The molecular weight excluding hydrogens is 316 g/mol. The lowest BCUT2D eigenvalue weighted by molar-refractivity contribution is 0.0693. The Kier molecular flexibility index (Phi) is 3.35. The highest BCUT2D eigenvalue weighted by molar-refractivity contribution is 6.22. The number of anilines is 1. The standard InChI is InChI=1S/C20H14N2O3/c1-22-19(24)15-10-9-13(11-16(15)20(22)25)18(23)21-17-8-4-6-12-5-2-3-7-14(12)17/h2-11H,1H3,(H,21,23). The van der Waals surface area contributed by atoms with Crippen molar-refractivity contribution in [1.29, 1.82) is 0 Å². The van der Waals surface area contributed by atoms with Gasteiger partial charge in [-0.05, 0) is 29.7 Å². The van der Waals surface area contributed by atoms with Crippen molar-refractivity contribution < 1.29 is 14.4 Å². The maximum Gasteiger partial charge on any atom is 0.261 e. The molecule has 1 heterocycles. The Morgan fingerprint density at radius 3 is 2.44 bits per heavy atom. The molecule has 0 fully saturated rings. The summed E-state index contributed by atoms with van der Waals surface area (Å²) in [5.74, 6) is -1.06. The van der Waals surface area contributed by atoms with Gasteiger partial charge >= 0.3 is 0 Å². The van der Waals surface area contributed by atoms with Crippen molar-refractivity contribution in [2.45, 2.75) is 0 Å². The summed E-state index contributed by atoms with van der Waals surface area (Å²) in [5, 5.41) is 4.84. The van der Waals surface area contributed by atoms with Crippen LogP contribution in [0.2, 0.25) is 0 Å². The number of benzene rings is 3. The van der Waals surface area contributed by atoms with E-state index in [4.69, 9.17) is 0 Å². The smallest absolute Gasteiger partial charge is 0.261 e. The number of fused-ring (bicyclic) bond motifs is 2. The minimum atomic E-state index is -0.389. The summed E-state index contributed by atoms with van der Waals surface area (Å²) in [4.78, 5) is 37.7. The van der Waals surface area contributed by atoms with Crippen LogP contribution in [-0.4, -0.2) is 29.7 Å². The zero-order valence-corrected chi connectivity index (χ0v) is 13.4. The maximum atomic E-state index is 12.6. The highest BCUT2D eigenvalue weighted by Crippen LogP contribution is 2.25. The van der Waals surface area contributed by atoms with Gasteiger partial charge in [0.05, 0.1) is 11.1 Å². The fourth-order valence-corrected chi connectivity index (χ4v) is 3.03. The number of amides is 3. The van der Waals surface area contributed by atoms with Crippen molar-refractivity contribution in [1.82, 2.24) is 4.90 Å². The number of hydrogen-bond donors (Lipinski definition) is 1. The summed E-state index contributed by atoms with van der Waals surface area (Å²) in [7, 11) is 1.43. The normalized spacial score (nSPS) is 13.2. The van der Waals surface area contributed by atoms with E-state index in [2.05, 4.69) is 5.32 Å². The first kappa shape index (κ1) is 15.1. The van der Waals surface area contributed by atoms with Crippen LogP contribution in [0.5, 0.6) is 0 Å². The van der Waals surface area contributed by atoms with E-state index in [1.54, 1.807) is 6.07 Å². The zero-order valence-electron chi connectivity index (χ0n) is 13.4. The number of nitrogens with one attached hydrogen (secondary N) is 1. The average molecular weight is 330 g/mol. The lowest BCUT2D eigenvalue weighted by Crippen LogP contribution is -2.24. The summed E-state index contributed by atoms with van der Waals surface area (Å²) in [5.41, 5.74) is 1.62. The quantitative estimate of drug-likeness (QED) is 0.733. The minimum absolute atomic E-state index is 0.262. The highest BCUT2D eigenvalue weighted by atomic mass is 16.2. The van der Waals surface area contributed by atoms with Gasteiger partial charge in [0.1, 0.15) is 0 Å². The molecule has 1 aliphatic rings. The predicted octanol–water partition coefficient (Wildman–Crippen LogP) is 3.32. The molecule has 0 saturated heterocycles. The third-order valence-electron chi connectivity index (χ3n) is 4.39. The third kappa shape index (κ3) is 2.37. The SMILES string of the molecule is CN1C(=O)c2ccc(C(=O)Nc3cccc4ccccc34)cc2C1=O. The van der Waals surface area contributed by atoms with E-state index in [0.717, 1.165) is 15.7 Å². The van der Waals surface area contributed by atoms with Gasteiger partial charge in [-0.25, -0.2) is 0 Å². The molecule has 3 aromatic rings. The molecule has 1 N–H and O–H groups in total. The van der Waals surface area contributed by atoms with Crippen molar-refractivity contribution in [3.05, 3.63) is 77.4 Å². The summed E-state index contributed by atoms with van der Waals surface area (Å²) >= 11 is 0. The first-order valence-electron chi connectivity index (χ1n) is 7.82.